The summed E-state index contributed by atoms with van der Waals surface area (Å²) in [5.41, 5.74) is 1.04. The molecule has 1 unspecified atom stereocenters. The Morgan fingerprint density at radius 1 is 1.23 bits per heavy atom. The Morgan fingerprint density at radius 3 is 2.58 bits per heavy atom. The Balaban J connectivity index is 1.45. The smallest absolute Gasteiger partial charge is 0.451 e. The molecule has 0 radical (unpaired) electrons. The summed E-state index contributed by atoms with van der Waals surface area (Å²) in [5.74, 6) is -0.290. The van der Waals surface area contributed by atoms with E-state index in [-0.39, 0.29) is 49.1 Å². The van der Waals surface area contributed by atoms with Crippen LogP contribution in [0.25, 0.3) is 0 Å². The molecule has 1 aromatic carbocycles. The van der Waals surface area contributed by atoms with Crippen molar-refractivity contribution < 1.29 is 27.5 Å². The molecule has 1 aliphatic heterocycles. The van der Waals surface area contributed by atoms with E-state index < -0.39 is 12.0 Å². The lowest BCUT2D eigenvalue weighted by Gasteiger charge is -2.28. The second kappa shape index (κ2) is 9.58. The number of rotatable bonds is 7. The molecule has 31 heavy (non-hydrogen) atoms. The van der Waals surface area contributed by atoms with E-state index in [9.17, 15) is 22.8 Å². The van der Waals surface area contributed by atoms with Crippen molar-refractivity contribution in [3.8, 4) is 5.75 Å². The Morgan fingerprint density at radius 2 is 1.94 bits per heavy atom. The summed E-state index contributed by atoms with van der Waals surface area (Å²) >= 11 is 1.43. The first-order valence-corrected chi connectivity index (χ1v) is 10.5. The van der Waals surface area contributed by atoms with Crippen LogP contribution in [0, 0.1) is 0 Å². The van der Waals surface area contributed by atoms with E-state index in [1.807, 2.05) is 24.3 Å². The van der Waals surface area contributed by atoms with Crippen LogP contribution in [0.3, 0.4) is 0 Å². The van der Waals surface area contributed by atoms with Gasteiger partial charge in [0.05, 0.1) is 25.4 Å². The number of aromatic nitrogens is 3. The monoisotopic (exact) mass is 457 g/mol. The molecule has 8 nitrogen and oxygen atoms in total. The fourth-order valence-electron chi connectivity index (χ4n) is 3.02. The Bertz CT molecular complexity index is 933. The van der Waals surface area contributed by atoms with Gasteiger partial charge in [0.1, 0.15) is 5.75 Å². The maximum absolute atomic E-state index is 12.9. The largest absolute Gasteiger partial charge is 0.497 e. The quantitative estimate of drug-likeness (QED) is 0.685. The molecule has 1 aliphatic rings. The first-order chi connectivity index (χ1) is 14.7. The standard InChI is InChI=1S/C19H22F3N5O3S/c1-12(31-11-13-3-5-14(30-2)6-4-13)17(29)23-9-16(28)26-7-8-27-15(10-26)24-25-18(27)19(20,21)22/h3-6,12H,7-11H2,1-2H3,(H,23,29). The molecule has 0 spiro atoms. The number of amides is 2. The number of hydrogen-bond donors (Lipinski definition) is 1. The molecule has 2 aromatic rings. The van der Waals surface area contributed by atoms with Crippen molar-refractivity contribution >= 4 is 23.6 Å². The zero-order valence-corrected chi connectivity index (χ0v) is 17.8. The number of fused-ring (bicyclic) bond motifs is 1. The Kier molecular flexibility index (Phi) is 7.08. The highest BCUT2D eigenvalue weighted by Crippen LogP contribution is 2.29. The summed E-state index contributed by atoms with van der Waals surface area (Å²) in [6, 6.07) is 7.52. The minimum absolute atomic E-state index is 0.0506. The summed E-state index contributed by atoms with van der Waals surface area (Å²) < 4.78 is 44.8. The van der Waals surface area contributed by atoms with Crippen molar-refractivity contribution in [2.45, 2.75) is 37.2 Å². The minimum atomic E-state index is -4.59. The van der Waals surface area contributed by atoms with E-state index in [1.54, 1.807) is 14.0 Å². The van der Waals surface area contributed by atoms with E-state index in [4.69, 9.17) is 4.74 Å². The number of thioether (sulfide) groups is 1. The first kappa shape index (κ1) is 22.9. The van der Waals surface area contributed by atoms with Crippen LogP contribution in [0.4, 0.5) is 13.2 Å². The molecular formula is C19H22F3N5O3S. The average molecular weight is 457 g/mol. The lowest BCUT2D eigenvalue weighted by Crippen LogP contribution is -2.45. The van der Waals surface area contributed by atoms with Gasteiger partial charge in [-0.3, -0.25) is 9.59 Å². The molecule has 1 atom stereocenters. The molecule has 12 heteroatoms. The van der Waals surface area contributed by atoms with Gasteiger partial charge in [-0.15, -0.1) is 22.0 Å². The number of ether oxygens (including phenoxy) is 1. The minimum Gasteiger partial charge on any atom is -0.497 e. The van der Waals surface area contributed by atoms with Gasteiger partial charge in [-0.25, -0.2) is 0 Å². The number of carbonyl (C=O) groups is 2. The molecule has 2 heterocycles. The van der Waals surface area contributed by atoms with Gasteiger partial charge in [-0.2, -0.15) is 13.2 Å². The van der Waals surface area contributed by atoms with Gasteiger partial charge in [-0.05, 0) is 24.6 Å². The molecule has 0 saturated carbocycles. The Hall–Kier alpha value is -2.76. The van der Waals surface area contributed by atoms with E-state index in [0.29, 0.717) is 5.75 Å². The second-order valence-corrected chi connectivity index (χ2v) is 8.25. The van der Waals surface area contributed by atoms with E-state index in [0.717, 1.165) is 15.9 Å². The molecule has 2 amide bonds. The number of benzene rings is 1. The van der Waals surface area contributed by atoms with Crippen LogP contribution in [-0.2, 0) is 34.6 Å². The molecule has 1 aromatic heterocycles. The fraction of sp³-hybridized carbons (Fsp3) is 0.474. The lowest BCUT2D eigenvalue weighted by molar-refractivity contribution is -0.148. The van der Waals surface area contributed by atoms with Gasteiger partial charge in [0, 0.05) is 18.8 Å². The van der Waals surface area contributed by atoms with Crippen molar-refractivity contribution in [2.24, 2.45) is 0 Å². The zero-order chi connectivity index (χ0) is 22.6. The van der Waals surface area contributed by atoms with E-state index in [2.05, 4.69) is 15.5 Å². The van der Waals surface area contributed by atoms with Crippen molar-refractivity contribution in [2.75, 3.05) is 20.2 Å². The lowest BCUT2D eigenvalue weighted by atomic mass is 10.2. The summed E-state index contributed by atoms with van der Waals surface area (Å²) in [6.45, 7) is 1.47. The van der Waals surface area contributed by atoms with E-state index in [1.165, 1.54) is 16.7 Å². The molecule has 0 fully saturated rings. The predicted molar refractivity (Wildman–Crippen MR) is 107 cm³/mol. The third kappa shape index (κ3) is 5.69. The molecule has 3 rings (SSSR count). The number of nitrogens with one attached hydrogen (secondary N) is 1. The summed E-state index contributed by atoms with van der Waals surface area (Å²) in [4.78, 5) is 26.0. The topological polar surface area (TPSA) is 89.4 Å². The second-order valence-electron chi connectivity index (χ2n) is 6.92. The van der Waals surface area contributed by atoms with Gasteiger partial charge >= 0.3 is 6.18 Å². The van der Waals surface area contributed by atoms with Crippen LogP contribution in [0.1, 0.15) is 24.1 Å². The highest BCUT2D eigenvalue weighted by molar-refractivity contribution is 7.99. The van der Waals surface area contributed by atoms with Gasteiger partial charge in [0.25, 0.3) is 0 Å². The molecular weight excluding hydrogens is 435 g/mol. The van der Waals surface area contributed by atoms with Crippen LogP contribution in [0.2, 0.25) is 0 Å². The molecule has 0 saturated heterocycles. The van der Waals surface area contributed by atoms with Crippen LogP contribution in [0.15, 0.2) is 24.3 Å². The summed E-state index contributed by atoms with van der Waals surface area (Å²) in [7, 11) is 1.59. The Labute approximate surface area is 181 Å². The van der Waals surface area contributed by atoms with Gasteiger partial charge in [0.15, 0.2) is 5.82 Å². The number of carbonyl (C=O) groups excluding carboxylic acids is 2. The van der Waals surface area contributed by atoms with E-state index >= 15 is 0 Å². The van der Waals surface area contributed by atoms with Crippen molar-refractivity contribution in [3.63, 3.8) is 0 Å². The normalized spacial score (nSPS) is 14.7. The van der Waals surface area contributed by atoms with Gasteiger partial charge < -0.3 is 19.5 Å². The number of nitrogens with zero attached hydrogens (tertiary/aromatic N) is 4. The summed E-state index contributed by atoms with van der Waals surface area (Å²) in [5, 5.41) is 8.94. The molecule has 0 bridgehead atoms. The summed E-state index contributed by atoms with van der Waals surface area (Å²) in [6.07, 6.45) is -4.59. The van der Waals surface area contributed by atoms with Gasteiger partial charge in [-0.1, -0.05) is 12.1 Å². The SMILES string of the molecule is COc1ccc(CSC(C)C(=O)NCC(=O)N2CCn3c(nnc3C(F)(F)F)C2)cc1. The van der Waals surface area contributed by atoms with Crippen LogP contribution in [0.5, 0.6) is 5.75 Å². The third-order valence-electron chi connectivity index (χ3n) is 4.80. The van der Waals surface area contributed by atoms with Crippen molar-refractivity contribution in [1.82, 2.24) is 25.0 Å². The van der Waals surface area contributed by atoms with Crippen molar-refractivity contribution in [1.29, 1.82) is 0 Å². The predicted octanol–water partition coefficient (Wildman–Crippen LogP) is 2.09. The van der Waals surface area contributed by atoms with Crippen LogP contribution < -0.4 is 10.1 Å². The third-order valence-corrected chi connectivity index (χ3v) is 6.02. The molecule has 168 valence electrons. The first-order valence-electron chi connectivity index (χ1n) is 9.48. The average Bonchev–Trinajstić information content (AvgIpc) is 3.19. The maximum atomic E-state index is 12.9. The van der Waals surface area contributed by atoms with Crippen LogP contribution >= 0.6 is 11.8 Å². The number of alkyl halides is 3. The van der Waals surface area contributed by atoms with Crippen molar-refractivity contribution in [3.05, 3.63) is 41.5 Å². The number of hydrogen-bond acceptors (Lipinski definition) is 6. The zero-order valence-electron chi connectivity index (χ0n) is 17.0. The van der Waals surface area contributed by atoms with Crippen LogP contribution in [-0.4, -0.2) is 56.9 Å². The number of halogens is 3. The molecule has 1 N–H and O–H groups in total. The highest BCUT2D eigenvalue weighted by atomic mass is 32.2. The maximum Gasteiger partial charge on any atom is 0.451 e. The van der Waals surface area contributed by atoms with Gasteiger partial charge in [0.2, 0.25) is 17.6 Å². The number of methoxy groups -OCH3 is 1. The molecule has 0 aliphatic carbocycles. The highest BCUT2D eigenvalue weighted by Gasteiger charge is 2.39. The fourth-order valence-corrected chi connectivity index (χ4v) is 3.89.